The highest BCUT2D eigenvalue weighted by Gasteiger charge is 2.10. The fourth-order valence-electron chi connectivity index (χ4n) is 1.16. The molecule has 0 bridgehead atoms. The van der Waals surface area contributed by atoms with Crippen molar-refractivity contribution < 1.29 is 4.39 Å². The van der Waals surface area contributed by atoms with Gasteiger partial charge in [0.2, 0.25) is 5.16 Å². The summed E-state index contributed by atoms with van der Waals surface area (Å²) in [6.45, 7) is 0. The van der Waals surface area contributed by atoms with Crippen molar-refractivity contribution in [3.05, 3.63) is 29.6 Å². The summed E-state index contributed by atoms with van der Waals surface area (Å²) >= 11 is 1.11. The molecule has 0 radical (unpaired) electrons. The lowest BCUT2D eigenvalue weighted by Gasteiger charge is -2.03. The van der Waals surface area contributed by atoms with Crippen molar-refractivity contribution in [1.29, 1.82) is 5.41 Å². The normalized spacial score (nSPS) is 10.5. The first-order chi connectivity index (χ1) is 8.08. The van der Waals surface area contributed by atoms with E-state index >= 15 is 0 Å². The van der Waals surface area contributed by atoms with Gasteiger partial charge in [-0.1, -0.05) is 0 Å². The molecule has 0 aliphatic carbocycles. The Kier molecular flexibility index (Phi) is 3.05. The predicted molar refractivity (Wildman–Crippen MR) is 60.3 cm³/mol. The number of amidine groups is 1. The molecule has 1 aromatic carbocycles. The zero-order valence-electron chi connectivity index (χ0n) is 8.88. The first kappa shape index (κ1) is 11.5. The van der Waals surface area contributed by atoms with Gasteiger partial charge in [-0.3, -0.25) is 5.41 Å². The van der Waals surface area contributed by atoms with Gasteiger partial charge < -0.3 is 5.73 Å². The lowest BCUT2D eigenvalue weighted by Crippen LogP contribution is -2.11. The van der Waals surface area contributed by atoms with Gasteiger partial charge in [-0.25, -0.2) is 9.07 Å². The minimum absolute atomic E-state index is 0.166. The third-order valence-electron chi connectivity index (χ3n) is 2.03. The second kappa shape index (κ2) is 4.50. The van der Waals surface area contributed by atoms with E-state index in [1.807, 2.05) is 0 Å². The van der Waals surface area contributed by atoms with E-state index in [9.17, 15) is 4.39 Å². The number of benzene rings is 1. The molecule has 0 saturated carbocycles. The fraction of sp³-hybridized carbons (Fsp3) is 0.111. The first-order valence-corrected chi connectivity index (χ1v) is 5.43. The van der Waals surface area contributed by atoms with Crippen LogP contribution in [0, 0.1) is 11.2 Å². The van der Waals surface area contributed by atoms with Crippen LogP contribution in [0.15, 0.2) is 28.3 Å². The molecule has 3 N–H and O–H groups in total. The molecular formula is C9H9FN6S. The van der Waals surface area contributed by atoms with E-state index in [0.717, 1.165) is 11.8 Å². The summed E-state index contributed by atoms with van der Waals surface area (Å²) in [5.74, 6) is -0.619. The number of nitrogen functional groups attached to an aromatic ring is 1. The smallest absolute Gasteiger partial charge is 0.213 e. The number of tetrazole rings is 1. The molecule has 0 fully saturated rings. The monoisotopic (exact) mass is 252 g/mol. The topological polar surface area (TPSA) is 93.5 Å². The molecule has 0 atom stereocenters. The number of hydrogen-bond acceptors (Lipinski definition) is 5. The van der Waals surface area contributed by atoms with Crippen LogP contribution in [0.5, 0.6) is 0 Å². The van der Waals surface area contributed by atoms with Crippen LogP contribution in [0.1, 0.15) is 5.56 Å². The third kappa shape index (κ3) is 2.41. The lowest BCUT2D eigenvalue weighted by molar-refractivity contribution is 0.600. The molecule has 0 aliphatic heterocycles. The van der Waals surface area contributed by atoms with Crippen molar-refractivity contribution in [2.24, 2.45) is 12.8 Å². The highest BCUT2D eigenvalue weighted by molar-refractivity contribution is 7.99. The number of hydrogen-bond donors (Lipinski definition) is 2. The Morgan fingerprint density at radius 2 is 2.29 bits per heavy atom. The van der Waals surface area contributed by atoms with Crippen LogP contribution in [0.25, 0.3) is 0 Å². The number of nitrogens with zero attached hydrogens (tertiary/aromatic N) is 4. The standard InChI is InChI=1S/C9H9FN6S/c1-16-9(13-14-15-16)17-7-3-2-5(8(11)12)4-6(7)10/h2-4H,1H3,(H3,11,12). The summed E-state index contributed by atoms with van der Waals surface area (Å²) in [7, 11) is 1.67. The van der Waals surface area contributed by atoms with Gasteiger partial charge in [0, 0.05) is 12.6 Å². The highest BCUT2D eigenvalue weighted by atomic mass is 32.2. The highest BCUT2D eigenvalue weighted by Crippen LogP contribution is 2.27. The van der Waals surface area contributed by atoms with Crippen LogP contribution < -0.4 is 5.73 Å². The molecule has 8 heteroatoms. The van der Waals surface area contributed by atoms with E-state index in [1.54, 1.807) is 19.2 Å². The summed E-state index contributed by atoms with van der Waals surface area (Å²) in [5, 5.41) is 18.5. The van der Waals surface area contributed by atoms with Crippen LogP contribution >= 0.6 is 11.8 Å². The summed E-state index contributed by atoms with van der Waals surface area (Å²) in [6.07, 6.45) is 0. The molecule has 0 amide bonds. The maximum absolute atomic E-state index is 13.7. The van der Waals surface area contributed by atoms with Gasteiger partial charge >= 0.3 is 0 Å². The number of aromatic nitrogens is 4. The Hall–Kier alpha value is -1.96. The molecule has 1 heterocycles. The van der Waals surface area contributed by atoms with Gasteiger partial charge in [-0.15, -0.1) is 5.10 Å². The molecule has 0 aliphatic rings. The van der Waals surface area contributed by atoms with Gasteiger partial charge in [-0.05, 0) is 40.4 Å². The van der Waals surface area contributed by atoms with Crippen molar-refractivity contribution >= 4 is 17.6 Å². The van der Waals surface area contributed by atoms with Gasteiger partial charge in [0.1, 0.15) is 11.7 Å². The van der Waals surface area contributed by atoms with Gasteiger partial charge in [0.15, 0.2) is 0 Å². The van der Waals surface area contributed by atoms with E-state index in [0.29, 0.717) is 15.6 Å². The minimum atomic E-state index is -0.453. The number of halogens is 1. The van der Waals surface area contributed by atoms with E-state index in [-0.39, 0.29) is 5.84 Å². The molecule has 1 aromatic heterocycles. The van der Waals surface area contributed by atoms with Crippen molar-refractivity contribution in [3.63, 3.8) is 0 Å². The average molecular weight is 252 g/mol. The lowest BCUT2D eigenvalue weighted by atomic mass is 10.2. The maximum atomic E-state index is 13.7. The zero-order valence-corrected chi connectivity index (χ0v) is 9.70. The van der Waals surface area contributed by atoms with Gasteiger partial charge in [0.25, 0.3) is 0 Å². The maximum Gasteiger partial charge on any atom is 0.213 e. The summed E-state index contributed by atoms with van der Waals surface area (Å²) in [5.41, 5.74) is 5.62. The number of nitrogens with two attached hydrogens (primary N) is 1. The van der Waals surface area contributed by atoms with Crippen molar-refractivity contribution in [1.82, 2.24) is 20.2 Å². The third-order valence-corrected chi connectivity index (χ3v) is 3.10. The zero-order chi connectivity index (χ0) is 12.4. The largest absolute Gasteiger partial charge is 0.384 e. The van der Waals surface area contributed by atoms with Crippen LogP contribution in [0.3, 0.4) is 0 Å². The molecule has 0 saturated heterocycles. The van der Waals surface area contributed by atoms with E-state index < -0.39 is 5.82 Å². The van der Waals surface area contributed by atoms with Crippen LogP contribution in [-0.4, -0.2) is 26.0 Å². The summed E-state index contributed by atoms with van der Waals surface area (Å²) in [6, 6.07) is 4.34. The first-order valence-electron chi connectivity index (χ1n) is 4.62. The van der Waals surface area contributed by atoms with Crippen LogP contribution in [0.2, 0.25) is 0 Å². The van der Waals surface area contributed by atoms with Crippen molar-refractivity contribution in [3.8, 4) is 0 Å². The van der Waals surface area contributed by atoms with Crippen LogP contribution in [0.4, 0.5) is 4.39 Å². The molecule has 6 nitrogen and oxygen atoms in total. The molecule has 88 valence electrons. The van der Waals surface area contributed by atoms with Crippen molar-refractivity contribution in [2.75, 3.05) is 0 Å². The Labute approximate surface area is 101 Å². The second-order valence-corrected chi connectivity index (χ2v) is 4.26. The molecule has 0 unspecified atom stereocenters. The summed E-state index contributed by atoms with van der Waals surface area (Å²) in [4.78, 5) is 0.382. The van der Waals surface area contributed by atoms with Gasteiger partial charge in [-0.2, -0.15) is 0 Å². The molecule has 2 aromatic rings. The number of rotatable bonds is 3. The Bertz CT molecular complexity index is 566. The number of nitrogens with one attached hydrogen (secondary N) is 1. The predicted octanol–water partition coefficient (Wildman–Crippen LogP) is 0.784. The quantitative estimate of drug-likeness (QED) is 0.622. The van der Waals surface area contributed by atoms with E-state index in [1.165, 1.54) is 10.7 Å². The minimum Gasteiger partial charge on any atom is -0.384 e. The molecule has 17 heavy (non-hydrogen) atoms. The molecule has 2 rings (SSSR count). The van der Waals surface area contributed by atoms with E-state index in [2.05, 4.69) is 15.5 Å². The van der Waals surface area contributed by atoms with E-state index in [4.69, 9.17) is 11.1 Å². The average Bonchev–Trinajstić information content (AvgIpc) is 2.67. The summed E-state index contributed by atoms with van der Waals surface area (Å²) < 4.78 is 15.1. The molecular weight excluding hydrogens is 243 g/mol. The Balaban J connectivity index is 2.29. The van der Waals surface area contributed by atoms with Gasteiger partial charge in [0.05, 0.1) is 4.90 Å². The van der Waals surface area contributed by atoms with Crippen molar-refractivity contribution in [2.45, 2.75) is 10.1 Å². The Morgan fingerprint density at radius 3 is 2.82 bits per heavy atom. The van der Waals surface area contributed by atoms with Crippen LogP contribution in [-0.2, 0) is 7.05 Å². The Morgan fingerprint density at radius 1 is 1.53 bits per heavy atom. The second-order valence-electron chi connectivity index (χ2n) is 3.25. The fourth-order valence-corrected chi connectivity index (χ4v) is 1.89. The molecule has 0 spiro atoms. The SMILES string of the molecule is Cn1nnnc1Sc1ccc(C(=N)N)cc1F. The number of aryl methyl sites for hydroxylation is 1.